The van der Waals surface area contributed by atoms with Crippen molar-refractivity contribution in [1.82, 2.24) is 9.88 Å². The Balaban J connectivity index is 1.98. The van der Waals surface area contributed by atoms with Crippen LogP contribution in [0.2, 0.25) is 0 Å². The van der Waals surface area contributed by atoms with Crippen LogP contribution in [0.15, 0.2) is 18.2 Å². The van der Waals surface area contributed by atoms with Gasteiger partial charge in [-0.15, -0.1) is 0 Å². The lowest BCUT2D eigenvalue weighted by molar-refractivity contribution is -0.132. The van der Waals surface area contributed by atoms with Crippen LogP contribution >= 0.6 is 12.6 Å². The molecule has 1 fully saturated rings. The van der Waals surface area contributed by atoms with Gasteiger partial charge in [-0.3, -0.25) is 9.78 Å². The predicted molar refractivity (Wildman–Crippen MR) is 80.2 cm³/mol. The summed E-state index contributed by atoms with van der Waals surface area (Å²) in [5.74, 6) is 1.05. The number of carbonyl (C=O) groups excluding carboxylic acids is 1. The van der Waals surface area contributed by atoms with Crippen molar-refractivity contribution in [3.05, 3.63) is 29.6 Å². The maximum absolute atomic E-state index is 12.3. The van der Waals surface area contributed by atoms with E-state index >= 15 is 0 Å². The normalized spacial score (nSPS) is 16.2. The van der Waals surface area contributed by atoms with Crippen molar-refractivity contribution in [2.75, 3.05) is 12.3 Å². The van der Waals surface area contributed by atoms with Gasteiger partial charge in [-0.1, -0.05) is 6.07 Å². The molecule has 1 aliphatic rings. The number of hydrogen-bond donors (Lipinski definition) is 1. The fourth-order valence-corrected chi connectivity index (χ4v) is 2.69. The summed E-state index contributed by atoms with van der Waals surface area (Å²) >= 11 is 4.37. The molecule has 1 saturated carbocycles. The molecule has 0 aliphatic heterocycles. The highest BCUT2D eigenvalue weighted by molar-refractivity contribution is 7.80. The Morgan fingerprint density at radius 2 is 2.21 bits per heavy atom. The first-order chi connectivity index (χ1) is 9.08. The zero-order chi connectivity index (χ0) is 13.9. The van der Waals surface area contributed by atoms with E-state index in [0.717, 1.165) is 36.5 Å². The Morgan fingerprint density at radius 3 is 2.74 bits per heavy atom. The molecule has 0 radical (unpaired) electrons. The Hall–Kier alpha value is -1.03. The minimum Gasteiger partial charge on any atom is -0.337 e. The fraction of sp³-hybridized carbons (Fsp3) is 0.600. The SMILES string of the molecule is CCN(Cc1cccc(C)n1)C(=O)CC1(CS)CC1. The van der Waals surface area contributed by atoms with Gasteiger partial charge in [0.15, 0.2) is 0 Å². The van der Waals surface area contributed by atoms with Gasteiger partial charge in [-0.25, -0.2) is 0 Å². The van der Waals surface area contributed by atoms with Crippen molar-refractivity contribution in [2.45, 2.75) is 39.7 Å². The quantitative estimate of drug-likeness (QED) is 0.812. The van der Waals surface area contributed by atoms with Crippen molar-refractivity contribution >= 4 is 18.5 Å². The summed E-state index contributed by atoms with van der Waals surface area (Å²) in [5.41, 5.74) is 2.15. The molecule has 1 amide bonds. The number of thiol groups is 1. The van der Waals surface area contributed by atoms with Gasteiger partial charge < -0.3 is 4.90 Å². The predicted octanol–water partition coefficient (Wildman–Crippen LogP) is 2.84. The van der Waals surface area contributed by atoms with E-state index in [1.54, 1.807) is 0 Å². The van der Waals surface area contributed by atoms with Gasteiger partial charge in [0.25, 0.3) is 0 Å². The second-order valence-corrected chi connectivity index (χ2v) is 5.83. The smallest absolute Gasteiger partial charge is 0.223 e. The standard InChI is InChI=1S/C15H22N2OS/c1-3-17(10-13-6-4-5-12(2)16-13)14(18)9-15(11-19)7-8-15/h4-6,19H,3,7-11H2,1-2H3. The van der Waals surface area contributed by atoms with E-state index < -0.39 is 0 Å². The fourth-order valence-electron chi connectivity index (χ4n) is 2.26. The molecule has 0 spiro atoms. The van der Waals surface area contributed by atoms with Crippen molar-refractivity contribution in [2.24, 2.45) is 5.41 Å². The Morgan fingerprint density at radius 1 is 1.47 bits per heavy atom. The average Bonchev–Trinajstić information content (AvgIpc) is 3.16. The largest absolute Gasteiger partial charge is 0.337 e. The zero-order valence-corrected chi connectivity index (χ0v) is 12.6. The molecular formula is C15H22N2OS. The third kappa shape index (κ3) is 3.72. The molecule has 0 N–H and O–H groups in total. The van der Waals surface area contributed by atoms with Crippen LogP contribution in [-0.2, 0) is 11.3 Å². The molecule has 0 saturated heterocycles. The molecule has 1 aliphatic carbocycles. The molecule has 0 unspecified atom stereocenters. The summed E-state index contributed by atoms with van der Waals surface area (Å²) in [6.07, 6.45) is 2.92. The molecule has 1 aromatic rings. The second kappa shape index (κ2) is 5.95. The maximum Gasteiger partial charge on any atom is 0.223 e. The number of rotatable bonds is 6. The first-order valence-electron chi connectivity index (χ1n) is 6.90. The van der Waals surface area contributed by atoms with Gasteiger partial charge >= 0.3 is 0 Å². The van der Waals surface area contributed by atoms with E-state index in [-0.39, 0.29) is 11.3 Å². The Kier molecular flexibility index (Phi) is 4.50. The van der Waals surface area contributed by atoms with Crippen LogP contribution < -0.4 is 0 Å². The first-order valence-corrected chi connectivity index (χ1v) is 7.53. The van der Waals surface area contributed by atoms with Gasteiger partial charge in [0.05, 0.1) is 12.2 Å². The van der Waals surface area contributed by atoms with Crippen molar-refractivity contribution < 1.29 is 4.79 Å². The number of hydrogen-bond acceptors (Lipinski definition) is 3. The maximum atomic E-state index is 12.3. The van der Waals surface area contributed by atoms with E-state index in [9.17, 15) is 4.79 Å². The molecule has 0 bridgehead atoms. The summed E-state index contributed by atoms with van der Waals surface area (Å²) in [5, 5.41) is 0. The lowest BCUT2D eigenvalue weighted by Gasteiger charge is -2.23. The summed E-state index contributed by atoms with van der Waals surface area (Å²) in [6, 6.07) is 5.95. The van der Waals surface area contributed by atoms with Crippen LogP contribution in [-0.4, -0.2) is 28.1 Å². The van der Waals surface area contributed by atoms with Gasteiger partial charge in [0.1, 0.15) is 0 Å². The van der Waals surface area contributed by atoms with Crippen molar-refractivity contribution in [3.63, 3.8) is 0 Å². The van der Waals surface area contributed by atoms with Crippen molar-refractivity contribution in [3.8, 4) is 0 Å². The van der Waals surface area contributed by atoms with Crippen LogP contribution in [0.25, 0.3) is 0 Å². The highest BCUT2D eigenvalue weighted by atomic mass is 32.1. The van der Waals surface area contributed by atoms with E-state index in [2.05, 4.69) is 17.6 Å². The molecular weight excluding hydrogens is 256 g/mol. The van der Waals surface area contributed by atoms with Gasteiger partial charge in [0.2, 0.25) is 5.91 Å². The van der Waals surface area contributed by atoms with E-state index in [1.165, 1.54) is 0 Å². The highest BCUT2D eigenvalue weighted by Crippen LogP contribution is 2.49. The molecule has 19 heavy (non-hydrogen) atoms. The van der Waals surface area contributed by atoms with E-state index in [0.29, 0.717) is 13.0 Å². The monoisotopic (exact) mass is 278 g/mol. The third-order valence-corrected chi connectivity index (χ3v) is 4.52. The Bertz CT molecular complexity index is 457. The summed E-state index contributed by atoms with van der Waals surface area (Å²) in [7, 11) is 0. The number of nitrogens with zero attached hydrogens (tertiary/aromatic N) is 2. The average molecular weight is 278 g/mol. The number of pyridine rings is 1. The molecule has 2 rings (SSSR count). The number of carbonyl (C=O) groups is 1. The van der Waals surface area contributed by atoms with E-state index in [1.807, 2.05) is 36.9 Å². The van der Waals surface area contributed by atoms with Gasteiger partial charge in [0, 0.05) is 18.7 Å². The molecule has 0 aromatic carbocycles. The molecule has 4 heteroatoms. The van der Waals surface area contributed by atoms with Crippen LogP contribution in [0.5, 0.6) is 0 Å². The number of aromatic nitrogens is 1. The molecule has 1 heterocycles. The number of aryl methyl sites for hydroxylation is 1. The Labute approximate surface area is 120 Å². The van der Waals surface area contributed by atoms with Crippen molar-refractivity contribution in [1.29, 1.82) is 0 Å². The topological polar surface area (TPSA) is 33.2 Å². The zero-order valence-electron chi connectivity index (χ0n) is 11.7. The molecule has 0 atom stereocenters. The molecule has 3 nitrogen and oxygen atoms in total. The first kappa shape index (κ1) is 14.4. The lowest BCUT2D eigenvalue weighted by Crippen LogP contribution is -2.32. The minimum absolute atomic E-state index is 0.188. The summed E-state index contributed by atoms with van der Waals surface area (Å²) in [6.45, 7) is 5.34. The van der Waals surface area contributed by atoms with Crippen LogP contribution in [0.4, 0.5) is 0 Å². The second-order valence-electron chi connectivity index (χ2n) is 5.51. The summed E-state index contributed by atoms with van der Waals surface area (Å²) in [4.78, 5) is 18.7. The molecule has 104 valence electrons. The third-order valence-electron chi connectivity index (χ3n) is 3.85. The van der Waals surface area contributed by atoms with E-state index in [4.69, 9.17) is 0 Å². The lowest BCUT2D eigenvalue weighted by atomic mass is 10.0. The van der Waals surface area contributed by atoms with Gasteiger partial charge in [-0.2, -0.15) is 12.6 Å². The molecule has 1 aromatic heterocycles. The van der Waals surface area contributed by atoms with Crippen LogP contribution in [0, 0.1) is 12.3 Å². The van der Waals surface area contributed by atoms with Crippen LogP contribution in [0.1, 0.15) is 37.6 Å². The summed E-state index contributed by atoms with van der Waals surface area (Å²) < 4.78 is 0. The van der Waals surface area contributed by atoms with Crippen LogP contribution in [0.3, 0.4) is 0 Å². The van der Waals surface area contributed by atoms with Gasteiger partial charge in [-0.05, 0) is 50.0 Å². The number of amides is 1. The highest BCUT2D eigenvalue weighted by Gasteiger charge is 2.43. The minimum atomic E-state index is 0.188.